The Morgan fingerprint density at radius 1 is 1.03 bits per heavy atom. The number of anilines is 2. The zero-order valence-corrected chi connectivity index (χ0v) is 17.0. The molecular weight excluding hydrogens is 396 g/mol. The summed E-state index contributed by atoms with van der Waals surface area (Å²) in [5, 5.41) is 13.6. The zero-order chi connectivity index (χ0) is 22.1. The van der Waals surface area contributed by atoms with Crippen molar-refractivity contribution < 1.29 is 23.9 Å². The number of ketones is 1. The zero-order valence-electron chi connectivity index (χ0n) is 17.0. The third kappa shape index (κ3) is 3.73. The minimum absolute atomic E-state index is 0.0465. The number of aliphatic hydroxyl groups excluding tert-OH is 1. The lowest BCUT2D eigenvalue weighted by Crippen LogP contribution is -2.29. The number of carbonyl (C=O) groups excluding carboxylic acids is 3. The van der Waals surface area contributed by atoms with E-state index in [1.807, 2.05) is 19.1 Å². The number of benzene rings is 2. The molecule has 2 N–H and O–H groups in total. The van der Waals surface area contributed by atoms with Gasteiger partial charge in [-0.2, -0.15) is 0 Å². The fourth-order valence-corrected chi connectivity index (χ4v) is 3.59. The van der Waals surface area contributed by atoms with E-state index in [1.165, 1.54) is 18.1 Å². The Bertz CT molecular complexity index is 1180. The molecule has 1 saturated heterocycles. The number of aryl methyl sites for hydroxylation is 1. The van der Waals surface area contributed by atoms with Gasteiger partial charge < -0.3 is 14.8 Å². The first-order chi connectivity index (χ1) is 14.9. The molecule has 0 radical (unpaired) electrons. The van der Waals surface area contributed by atoms with E-state index in [1.54, 1.807) is 48.5 Å². The van der Waals surface area contributed by atoms with E-state index in [4.69, 9.17) is 4.42 Å². The van der Waals surface area contributed by atoms with E-state index in [9.17, 15) is 19.5 Å². The number of hydrogen-bond acceptors (Lipinski definition) is 5. The van der Waals surface area contributed by atoms with Crippen LogP contribution in [0.4, 0.5) is 11.4 Å². The molecule has 156 valence electrons. The van der Waals surface area contributed by atoms with Crippen LogP contribution in [0.3, 0.4) is 0 Å². The molecule has 1 atom stereocenters. The molecule has 4 rings (SSSR count). The third-order valence-corrected chi connectivity index (χ3v) is 5.05. The molecule has 2 aromatic carbocycles. The first kappa shape index (κ1) is 20.2. The van der Waals surface area contributed by atoms with Crippen LogP contribution in [0.5, 0.6) is 0 Å². The Balaban J connectivity index is 1.83. The number of carbonyl (C=O) groups is 3. The van der Waals surface area contributed by atoms with Crippen molar-refractivity contribution in [2.24, 2.45) is 0 Å². The van der Waals surface area contributed by atoms with Crippen molar-refractivity contribution in [1.29, 1.82) is 0 Å². The number of nitrogens with one attached hydrogen (secondary N) is 1. The summed E-state index contributed by atoms with van der Waals surface area (Å²) in [6.07, 6.45) is 1.45. The minimum atomic E-state index is -0.928. The maximum absolute atomic E-state index is 13.0. The van der Waals surface area contributed by atoms with Gasteiger partial charge in [-0.3, -0.25) is 19.3 Å². The topological polar surface area (TPSA) is 99.9 Å². The maximum atomic E-state index is 13.0. The lowest BCUT2D eigenvalue weighted by atomic mass is 9.98. The molecule has 1 aliphatic rings. The van der Waals surface area contributed by atoms with Gasteiger partial charge in [-0.25, -0.2) is 0 Å². The standard InChI is InChI=1S/C24H20N2O5/c1-14-5-7-16(8-6-14)22(28)20-21(19-4-3-13-31-19)26(24(30)23(20)29)18-11-9-17(10-12-18)25-15(2)27/h3-13,21,28H,1-2H3,(H,25,27)/b22-20-. The van der Waals surface area contributed by atoms with E-state index in [0.29, 0.717) is 22.7 Å². The number of nitrogens with zero attached hydrogens (tertiary/aromatic N) is 1. The Morgan fingerprint density at radius 3 is 2.29 bits per heavy atom. The summed E-state index contributed by atoms with van der Waals surface area (Å²) in [4.78, 5) is 38.5. The molecule has 0 bridgehead atoms. The summed E-state index contributed by atoms with van der Waals surface area (Å²) < 4.78 is 5.53. The summed E-state index contributed by atoms with van der Waals surface area (Å²) >= 11 is 0. The molecule has 7 heteroatoms. The lowest BCUT2D eigenvalue weighted by Gasteiger charge is -2.23. The third-order valence-electron chi connectivity index (χ3n) is 5.05. The number of amides is 2. The van der Waals surface area contributed by atoms with Crippen molar-refractivity contribution in [3.63, 3.8) is 0 Å². The van der Waals surface area contributed by atoms with Crippen LogP contribution >= 0.6 is 0 Å². The molecule has 2 heterocycles. The summed E-state index contributed by atoms with van der Waals surface area (Å²) in [6, 6.07) is 15.9. The molecule has 1 aromatic heterocycles. The SMILES string of the molecule is CC(=O)Nc1ccc(N2C(=O)C(=O)/C(=C(\O)c3ccc(C)cc3)C2c2ccco2)cc1. The van der Waals surface area contributed by atoms with Gasteiger partial charge in [0.05, 0.1) is 11.8 Å². The normalized spacial score (nSPS) is 17.7. The average Bonchev–Trinajstić information content (AvgIpc) is 3.36. The van der Waals surface area contributed by atoms with Crippen molar-refractivity contribution in [2.75, 3.05) is 10.2 Å². The highest BCUT2D eigenvalue weighted by atomic mass is 16.3. The van der Waals surface area contributed by atoms with Crippen LogP contribution in [0.2, 0.25) is 0 Å². The quantitative estimate of drug-likeness (QED) is 0.378. The molecule has 1 aliphatic heterocycles. The van der Waals surface area contributed by atoms with E-state index < -0.39 is 17.7 Å². The van der Waals surface area contributed by atoms with Crippen molar-refractivity contribution in [3.05, 3.63) is 89.4 Å². The van der Waals surface area contributed by atoms with Gasteiger partial charge >= 0.3 is 0 Å². The van der Waals surface area contributed by atoms with Crippen LogP contribution in [0.25, 0.3) is 5.76 Å². The Kier molecular flexibility index (Phi) is 5.17. The van der Waals surface area contributed by atoms with Gasteiger partial charge in [0.15, 0.2) is 0 Å². The van der Waals surface area contributed by atoms with Gasteiger partial charge in [0.1, 0.15) is 17.6 Å². The van der Waals surface area contributed by atoms with Crippen LogP contribution in [0.15, 0.2) is 76.9 Å². The average molecular weight is 416 g/mol. The van der Waals surface area contributed by atoms with Gasteiger partial charge in [-0.05, 0) is 43.3 Å². The summed E-state index contributed by atoms with van der Waals surface area (Å²) in [5.41, 5.74) is 2.37. The molecule has 0 spiro atoms. The van der Waals surface area contributed by atoms with E-state index in [-0.39, 0.29) is 17.2 Å². The van der Waals surface area contributed by atoms with Crippen LogP contribution in [0.1, 0.15) is 29.9 Å². The lowest BCUT2D eigenvalue weighted by molar-refractivity contribution is -0.132. The van der Waals surface area contributed by atoms with Crippen molar-refractivity contribution >= 4 is 34.7 Å². The van der Waals surface area contributed by atoms with Gasteiger partial charge in [0, 0.05) is 23.9 Å². The highest BCUT2D eigenvalue weighted by molar-refractivity contribution is 6.51. The molecule has 1 fully saturated rings. The van der Waals surface area contributed by atoms with Crippen molar-refractivity contribution in [2.45, 2.75) is 19.9 Å². The van der Waals surface area contributed by atoms with Gasteiger partial charge in [0.2, 0.25) is 5.91 Å². The smallest absolute Gasteiger partial charge is 0.300 e. The number of rotatable bonds is 4. The fourth-order valence-electron chi connectivity index (χ4n) is 3.59. The maximum Gasteiger partial charge on any atom is 0.300 e. The number of hydrogen-bond donors (Lipinski definition) is 2. The monoisotopic (exact) mass is 416 g/mol. The van der Waals surface area contributed by atoms with Crippen LogP contribution in [0, 0.1) is 6.92 Å². The molecule has 3 aromatic rings. The largest absolute Gasteiger partial charge is 0.507 e. The summed E-state index contributed by atoms with van der Waals surface area (Å²) in [6.45, 7) is 3.31. The van der Waals surface area contributed by atoms with Crippen molar-refractivity contribution in [1.82, 2.24) is 0 Å². The predicted molar refractivity (Wildman–Crippen MR) is 115 cm³/mol. The Hall–Kier alpha value is -4.13. The van der Waals surface area contributed by atoms with E-state index in [0.717, 1.165) is 5.56 Å². The highest BCUT2D eigenvalue weighted by Crippen LogP contribution is 2.42. The summed E-state index contributed by atoms with van der Waals surface area (Å²) in [7, 11) is 0. The Morgan fingerprint density at radius 2 is 1.71 bits per heavy atom. The van der Waals surface area contributed by atoms with E-state index >= 15 is 0 Å². The molecule has 1 unspecified atom stereocenters. The van der Waals surface area contributed by atoms with Crippen LogP contribution < -0.4 is 10.2 Å². The molecule has 31 heavy (non-hydrogen) atoms. The summed E-state index contributed by atoms with van der Waals surface area (Å²) in [5.74, 6) is -1.72. The molecule has 0 saturated carbocycles. The Labute approximate surface area is 178 Å². The molecular formula is C24H20N2O5. The van der Waals surface area contributed by atoms with Gasteiger partial charge in [-0.15, -0.1) is 0 Å². The first-order valence-corrected chi connectivity index (χ1v) is 9.66. The second-order valence-electron chi connectivity index (χ2n) is 7.28. The van der Waals surface area contributed by atoms with E-state index in [2.05, 4.69) is 5.32 Å². The van der Waals surface area contributed by atoms with Crippen LogP contribution in [-0.4, -0.2) is 22.7 Å². The molecule has 7 nitrogen and oxygen atoms in total. The highest BCUT2D eigenvalue weighted by Gasteiger charge is 2.48. The molecule has 0 aliphatic carbocycles. The second-order valence-corrected chi connectivity index (χ2v) is 7.28. The number of Topliss-reactive ketones (excluding diaryl/α,β-unsaturated/α-hetero) is 1. The second kappa shape index (κ2) is 7.95. The predicted octanol–water partition coefficient (Wildman–Crippen LogP) is 4.17. The van der Waals surface area contributed by atoms with Crippen molar-refractivity contribution in [3.8, 4) is 0 Å². The first-order valence-electron chi connectivity index (χ1n) is 9.66. The molecule has 2 amide bonds. The van der Waals surface area contributed by atoms with Gasteiger partial charge in [0.25, 0.3) is 11.7 Å². The fraction of sp³-hybridized carbons (Fsp3) is 0.125. The van der Waals surface area contributed by atoms with Gasteiger partial charge in [-0.1, -0.05) is 29.8 Å². The number of aliphatic hydroxyl groups is 1. The minimum Gasteiger partial charge on any atom is -0.507 e. The number of furan rings is 1. The van der Waals surface area contributed by atoms with Crippen LogP contribution in [-0.2, 0) is 14.4 Å².